The molecule has 0 unspecified atom stereocenters. The van der Waals surface area contributed by atoms with Crippen LogP contribution in [0.15, 0.2) is 42.6 Å². The van der Waals surface area contributed by atoms with Crippen LogP contribution in [0, 0.1) is 0 Å². The zero-order valence-electron chi connectivity index (χ0n) is 14.2. The third kappa shape index (κ3) is 3.25. The van der Waals surface area contributed by atoms with Gasteiger partial charge < -0.3 is 15.5 Å². The van der Waals surface area contributed by atoms with E-state index >= 15 is 0 Å². The maximum absolute atomic E-state index is 11.2. The summed E-state index contributed by atoms with van der Waals surface area (Å²) in [5.41, 5.74) is 2.42. The summed E-state index contributed by atoms with van der Waals surface area (Å²) in [4.78, 5) is 15.6. The van der Waals surface area contributed by atoms with Crippen LogP contribution in [0.25, 0.3) is 16.9 Å². The molecule has 1 fully saturated rings. The van der Waals surface area contributed by atoms with Crippen molar-refractivity contribution in [1.82, 2.24) is 14.6 Å². The van der Waals surface area contributed by atoms with Crippen molar-refractivity contribution in [3.63, 3.8) is 0 Å². The lowest BCUT2D eigenvalue weighted by Crippen LogP contribution is -2.28. The summed E-state index contributed by atoms with van der Waals surface area (Å²) in [6.45, 7) is 0. The predicted octanol–water partition coefficient (Wildman–Crippen LogP) is 2.81. The number of anilines is 1. The molecule has 0 aliphatic heterocycles. The van der Waals surface area contributed by atoms with Crippen molar-refractivity contribution in [2.45, 2.75) is 37.8 Å². The number of carboxylic acid groups (broad SMARTS) is 1. The second-order valence-electron chi connectivity index (χ2n) is 6.67. The smallest absolute Gasteiger partial charge is 0.335 e. The van der Waals surface area contributed by atoms with Gasteiger partial charge >= 0.3 is 5.97 Å². The molecule has 1 aliphatic rings. The maximum Gasteiger partial charge on any atom is 0.335 e. The second kappa shape index (κ2) is 6.76. The van der Waals surface area contributed by atoms with Crippen molar-refractivity contribution in [2.24, 2.45) is 0 Å². The molecule has 1 aromatic carbocycles. The molecule has 3 N–H and O–H groups in total. The predicted molar refractivity (Wildman–Crippen MR) is 97.3 cm³/mol. The normalized spacial score (nSPS) is 20.2. The highest BCUT2D eigenvalue weighted by Gasteiger charge is 2.19. The Hall–Kier alpha value is -2.93. The average Bonchev–Trinajstić information content (AvgIpc) is 3.07. The van der Waals surface area contributed by atoms with Gasteiger partial charge in [0.25, 0.3) is 0 Å². The van der Waals surface area contributed by atoms with Crippen molar-refractivity contribution < 1.29 is 15.0 Å². The molecule has 0 spiro atoms. The van der Waals surface area contributed by atoms with Gasteiger partial charge in [-0.15, -0.1) is 5.10 Å². The summed E-state index contributed by atoms with van der Waals surface area (Å²) in [5, 5.41) is 26.9. The molecule has 26 heavy (non-hydrogen) atoms. The van der Waals surface area contributed by atoms with E-state index in [4.69, 9.17) is 0 Å². The Bertz CT molecular complexity index is 945. The quantitative estimate of drug-likeness (QED) is 0.668. The average molecular weight is 352 g/mol. The summed E-state index contributed by atoms with van der Waals surface area (Å²) in [7, 11) is 0. The molecule has 1 saturated carbocycles. The number of aliphatic hydroxyl groups excluding tert-OH is 1. The van der Waals surface area contributed by atoms with Crippen LogP contribution in [-0.2, 0) is 0 Å². The number of aromatic nitrogens is 3. The van der Waals surface area contributed by atoms with E-state index in [1.54, 1.807) is 28.9 Å². The number of benzene rings is 1. The van der Waals surface area contributed by atoms with Crippen LogP contribution >= 0.6 is 0 Å². The minimum absolute atomic E-state index is 0.190. The SMILES string of the molecule is O=C(O)c1cccc(-c2cnc3ccc(NC4CCC(O)CC4)nn23)c1. The fraction of sp³-hybridized carbons (Fsp3) is 0.316. The third-order valence-electron chi connectivity index (χ3n) is 4.82. The molecular formula is C19H20N4O3. The molecule has 0 atom stereocenters. The highest BCUT2D eigenvalue weighted by Crippen LogP contribution is 2.24. The first-order chi connectivity index (χ1) is 12.6. The Kier molecular flexibility index (Phi) is 4.30. The second-order valence-corrected chi connectivity index (χ2v) is 6.67. The largest absolute Gasteiger partial charge is 0.478 e. The number of hydrogen-bond acceptors (Lipinski definition) is 5. The third-order valence-corrected chi connectivity index (χ3v) is 4.82. The van der Waals surface area contributed by atoms with Gasteiger partial charge in [-0.2, -0.15) is 0 Å². The Labute approximate surface area is 150 Å². The topological polar surface area (TPSA) is 99.8 Å². The highest BCUT2D eigenvalue weighted by atomic mass is 16.4. The van der Waals surface area contributed by atoms with Gasteiger partial charge in [-0.3, -0.25) is 0 Å². The fourth-order valence-electron chi connectivity index (χ4n) is 3.39. The first kappa shape index (κ1) is 16.5. The Balaban J connectivity index is 1.64. The Morgan fingerprint density at radius 2 is 1.96 bits per heavy atom. The molecule has 7 heteroatoms. The fourth-order valence-corrected chi connectivity index (χ4v) is 3.39. The first-order valence-corrected chi connectivity index (χ1v) is 8.73. The number of carbonyl (C=O) groups is 1. The van der Waals surface area contributed by atoms with E-state index in [0.29, 0.717) is 11.7 Å². The minimum atomic E-state index is -0.963. The van der Waals surface area contributed by atoms with E-state index in [9.17, 15) is 15.0 Å². The summed E-state index contributed by atoms with van der Waals surface area (Å²) < 4.78 is 1.72. The van der Waals surface area contributed by atoms with E-state index in [1.807, 2.05) is 18.2 Å². The zero-order valence-corrected chi connectivity index (χ0v) is 14.2. The summed E-state index contributed by atoms with van der Waals surface area (Å²) in [6, 6.07) is 10.8. The first-order valence-electron chi connectivity index (χ1n) is 8.73. The van der Waals surface area contributed by atoms with Gasteiger partial charge in [0.15, 0.2) is 5.65 Å². The molecule has 2 aromatic heterocycles. The number of aliphatic hydroxyl groups is 1. The van der Waals surface area contributed by atoms with Gasteiger partial charge in [-0.1, -0.05) is 12.1 Å². The van der Waals surface area contributed by atoms with E-state index < -0.39 is 5.97 Å². The molecule has 0 bridgehead atoms. The Morgan fingerprint density at radius 3 is 2.73 bits per heavy atom. The number of rotatable bonds is 4. The monoisotopic (exact) mass is 352 g/mol. The molecule has 2 heterocycles. The molecule has 1 aliphatic carbocycles. The van der Waals surface area contributed by atoms with Crippen molar-refractivity contribution in [3.05, 3.63) is 48.2 Å². The highest BCUT2D eigenvalue weighted by molar-refractivity contribution is 5.89. The van der Waals surface area contributed by atoms with Gasteiger partial charge in [-0.25, -0.2) is 14.3 Å². The molecule has 7 nitrogen and oxygen atoms in total. The van der Waals surface area contributed by atoms with Crippen LogP contribution in [0.2, 0.25) is 0 Å². The van der Waals surface area contributed by atoms with E-state index in [0.717, 1.165) is 42.8 Å². The molecule has 134 valence electrons. The molecule has 0 radical (unpaired) electrons. The number of nitrogens with zero attached hydrogens (tertiary/aromatic N) is 3. The van der Waals surface area contributed by atoms with Crippen molar-refractivity contribution in [3.8, 4) is 11.3 Å². The van der Waals surface area contributed by atoms with E-state index in [1.165, 1.54) is 0 Å². The summed E-state index contributed by atoms with van der Waals surface area (Å²) in [5.74, 6) is -0.219. The van der Waals surface area contributed by atoms with Gasteiger partial charge in [0.2, 0.25) is 0 Å². The maximum atomic E-state index is 11.2. The van der Waals surface area contributed by atoms with Crippen LogP contribution < -0.4 is 5.32 Å². The van der Waals surface area contributed by atoms with Crippen LogP contribution in [0.1, 0.15) is 36.0 Å². The number of nitrogens with one attached hydrogen (secondary N) is 1. The van der Waals surface area contributed by atoms with Crippen molar-refractivity contribution >= 4 is 17.4 Å². The lowest BCUT2D eigenvalue weighted by molar-refractivity contribution is 0.0697. The van der Waals surface area contributed by atoms with Crippen LogP contribution in [-0.4, -0.2) is 42.9 Å². The van der Waals surface area contributed by atoms with Crippen LogP contribution in [0.4, 0.5) is 5.82 Å². The number of imidazole rings is 1. The summed E-state index contributed by atoms with van der Waals surface area (Å²) in [6.07, 6.45) is 4.95. The Morgan fingerprint density at radius 1 is 1.15 bits per heavy atom. The van der Waals surface area contributed by atoms with Gasteiger partial charge in [-0.05, 0) is 49.9 Å². The lowest BCUT2D eigenvalue weighted by atomic mass is 9.93. The van der Waals surface area contributed by atoms with Crippen molar-refractivity contribution in [2.75, 3.05) is 5.32 Å². The molecule has 3 aromatic rings. The van der Waals surface area contributed by atoms with Crippen molar-refractivity contribution in [1.29, 1.82) is 0 Å². The standard InChI is InChI=1S/C19H20N4O3/c24-15-6-4-14(5-7-15)21-17-8-9-18-20-11-16(23(18)22-17)12-2-1-3-13(10-12)19(25)26/h1-3,8-11,14-15,24H,4-7H2,(H,21,22)(H,25,26). The molecule has 0 amide bonds. The van der Waals surface area contributed by atoms with E-state index in [-0.39, 0.29) is 11.7 Å². The van der Waals surface area contributed by atoms with Crippen LogP contribution in [0.3, 0.4) is 0 Å². The number of fused-ring (bicyclic) bond motifs is 1. The van der Waals surface area contributed by atoms with Gasteiger partial charge in [0, 0.05) is 11.6 Å². The van der Waals surface area contributed by atoms with Crippen LogP contribution in [0.5, 0.6) is 0 Å². The molecular weight excluding hydrogens is 332 g/mol. The lowest BCUT2D eigenvalue weighted by Gasteiger charge is -2.26. The van der Waals surface area contributed by atoms with Gasteiger partial charge in [0.05, 0.1) is 23.6 Å². The number of hydrogen-bond donors (Lipinski definition) is 3. The molecule has 4 rings (SSSR count). The summed E-state index contributed by atoms with van der Waals surface area (Å²) >= 11 is 0. The number of aromatic carboxylic acids is 1. The van der Waals surface area contributed by atoms with Gasteiger partial charge in [0.1, 0.15) is 5.82 Å². The number of carboxylic acids is 1. The molecule has 0 saturated heterocycles. The van der Waals surface area contributed by atoms with E-state index in [2.05, 4.69) is 15.4 Å². The minimum Gasteiger partial charge on any atom is -0.478 e. The zero-order chi connectivity index (χ0) is 18.1.